The Labute approximate surface area is 94.9 Å². The van der Waals surface area contributed by atoms with Crippen LogP contribution >= 0.6 is 11.3 Å². The van der Waals surface area contributed by atoms with Gasteiger partial charge in [-0.15, -0.1) is 11.3 Å². The summed E-state index contributed by atoms with van der Waals surface area (Å²) in [5, 5.41) is 4.74. The van der Waals surface area contributed by atoms with Crippen molar-refractivity contribution in [2.75, 3.05) is 20.3 Å². The standard InChI is InChI=1S/C11H18N2OS/c1-14-6-2-5-12-7-10-8-13-11(15-10)9-3-4-9/h8-9,12H,2-7H2,1H3. The zero-order valence-electron chi connectivity index (χ0n) is 9.16. The fourth-order valence-corrected chi connectivity index (χ4v) is 2.53. The van der Waals surface area contributed by atoms with E-state index >= 15 is 0 Å². The molecule has 0 spiro atoms. The molecule has 4 heteroatoms. The molecule has 84 valence electrons. The van der Waals surface area contributed by atoms with Crippen LogP contribution < -0.4 is 5.32 Å². The van der Waals surface area contributed by atoms with Crippen LogP contribution in [-0.2, 0) is 11.3 Å². The fraction of sp³-hybridized carbons (Fsp3) is 0.727. The van der Waals surface area contributed by atoms with E-state index in [9.17, 15) is 0 Å². The monoisotopic (exact) mass is 226 g/mol. The molecule has 1 N–H and O–H groups in total. The first kappa shape index (κ1) is 11.0. The second-order valence-corrected chi connectivity index (χ2v) is 5.11. The van der Waals surface area contributed by atoms with Gasteiger partial charge in [0.05, 0.1) is 5.01 Å². The summed E-state index contributed by atoms with van der Waals surface area (Å²) in [6.45, 7) is 2.81. The molecule has 3 nitrogen and oxygen atoms in total. The Hall–Kier alpha value is -0.450. The Balaban J connectivity index is 1.64. The summed E-state index contributed by atoms with van der Waals surface area (Å²) in [6, 6.07) is 0. The maximum absolute atomic E-state index is 4.99. The SMILES string of the molecule is COCCCNCc1cnc(C2CC2)s1. The number of ether oxygens (including phenoxy) is 1. The second kappa shape index (κ2) is 5.58. The first-order chi connectivity index (χ1) is 7.40. The summed E-state index contributed by atoms with van der Waals surface area (Å²) in [4.78, 5) is 5.80. The average Bonchev–Trinajstić information content (AvgIpc) is 2.99. The van der Waals surface area contributed by atoms with Gasteiger partial charge in [-0.3, -0.25) is 0 Å². The summed E-state index contributed by atoms with van der Waals surface area (Å²) >= 11 is 1.86. The van der Waals surface area contributed by atoms with Gasteiger partial charge in [0.2, 0.25) is 0 Å². The van der Waals surface area contributed by atoms with E-state index in [0.29, 0.717) is 0 Å². The quantitative estimate of drug-likeness (QED) is 0.723. The highest BCUT2D eigenvalue weighted by molar-refractivity contribution is 7.11. The van der Waals surface area contributed by atoms with E-state index in [0.717, 1.165) is 32.0 Å². The number of nitrogens with zero attached hydrogens (tertiary/aromatic N) is 1. The van der Waals surface area contributed by atoms with Crippen LogP contribution in [0.4, 0.5) is 0 Å². The Morgan fingerprint density at radius 3 is 3.20 bits per heavy atom. The molecule has 1 aliphatic rings. The molecule has 1 aliphatic carbocycles. The summed E-state index contributed by atoms with van der Waals surface area (Å²) in [5.74, 6) is 0.789. The summed E-state index contributed by atoms with van der Waals surface area (Å²) in [5.41, 5.74) is 0. The van der Waals surface area contributed by atoms with Crippen molar-refractivity contribution < 1.29 is 4.74 Å². The molecule has 0 aromatic carbocycles. The predicted octanol–water partition coefficient (Wildman–Crippen LogP) is 2.15. The number of hydrogen-bond donors (Lipinski definition) is 1. The lowest BCUT2D eigenvalue weighted by atomic mass is 10.4. The van der Waals surface area contributed by atoms with Crippen LogP contribution in [0.3, 0.4) is 0 Å². The van der Waals surface area contributed by atoms with Crippen LogP contribution in [0.15, 0.2) is 6.20 Å². The highest BCUT2D eigenvalue weighted by atomic mass is 32.1. The molecule has 15 heavy (non-hydrogen) atoms. The van der Waals surface area contributed by atoms with Gasteiger partial charge in [-0.2, -0.15) is 0 Å². The Kier molecular flexibility index (Phi) is 4.11. The molecule has 1 aromatic heterocycles. The molecular formula is C11H18N2OS. The van der Waals surface area contributed by atoms with Gasteiger partial charge < -0.3 is 10.1 Å². The summed E-state index contributed by atoms with van der Waals surface area (Å²) in [6.07, 6.45) is 5.77. The minimum absolute atomic E-state index is 0.789. The van der Waals surface area contributed by atoms with Crippen LogP contribution in [0.5, 0.6) is 0 Å². The van der Waals surface area contributed by atoms with Crippen molar-refractivity contribution in [3.63, 3.8) is 0 Å². The van der Waals surface area contributed by atoms with Crippen LogP contribution in [-0.4, -0.2) is 25.2 Å². The summed E-state index contributed by atoms with van der Waals surface area (Å²) < 4.78 is 4.99. The Bertz CT molecular complexity index is 297. The average molecular weight is 226 g/mol. The van der Waals surface area contributed by atoms with Crippen molar-refractivity contribution in [1.82, 2.24) is 10.3 Å². The molecule has 0 atom stereocenters. The van der Waals surface area contributed by atoms with Gasteiger partial charge in [-0.1, -0.05) is 0 Å². The topological polar surface area (TPSA) is 34.1 Å². The van der Waals surface area contributed by atoms with Gasteiger partial charge in [0, 0.05) is 37.3 Å². The number of methoxy groups -OCH3 is 1. The lowest BCUT2D eigenvalue weighted by Gasteiger charge is -2.01. The molecule has 0 aliphatic heterocycles. The number of aromatic nitrogens is 1. The summed E-state index contributed by atoms with van der Waals surface area (Å²) in [7, 11) is 1.74. The van der Waals surface area contributed by atoms with Crippen LogP contribution in [0.2, 0.25) is 0 Å². The minimum atomic E-state index is 0.789. The molecule has 0 amide bonds. The first-order valence-corrected chi connectivity index (χ1v) is 6.36. The third-order valence-electron chi connectivity index (χ3n) is 2.50. The highest BCUT2D eigenvalue weighted by Gasteiger charge is 2.26. The van der Waals surface area contributed by atoms with Crippen molar-refractivity contribution in [3.8, 4) is 0 Å². The molecule has 1 saturated carbocycles. The lowest BCUT2D eigenvalue weighted by molar-refractivity contribution is 0.194. The molecule has 1 fully saturated rings. The van der Waals surface area contributed by atoms with E-state index in [1.165, 1.54) is 22.7 Å². The first-order valence-electron chi connectivity index (χ1n) is 5.54. The third-order valence-corrected chi connectivity index (χ3v) is 3.66. The molecular weight excluding hydrogens is 208 g/mol. The Morgan fingerprint density at radius 1 is 1.60 bits per heavy atom. The van der Waals surface area contributed by atoms with Crippen LogP contribution in [0.1, 0.15) is 35.1 Å². The molecule has 1 aromatic rings. The number of nitrogens with one attached hydrogen (secondary N) is 1. The highest BCUT2D eigenvalue weighted by Crippen LogP contribution is 2.41. The number of thiazole rings is 1. The van der Waals surface area contributed by atoms with Gasteiger partial charge in [0.15, 0.2) is 0 Å². The smallest absolute Gasteiger partial charge is 0.0959 e. The molecule has 0 saturated heterocycles. The van der Waals surface area contributed by atoms with E-state index in [-0.39, 0.29) is 0 Å². The number of hydrogen-bond acceptors (Lipinski definition) is 4. The van der Waals surface area contributed by atoms with Crippen molar-refractivity contribution in [1.29, 1.82) is 0 Å². The van der Waals surface area contributed by atoms with Gasteiger partial charge in [0.1, 0.15) is 0 Å². The molecule has 1 heterocycles. The van der Waals surface area contributed by atoms with Gasteiger partial charge >= 0.3 is 0 Å². The van der Waals surface area contributed by atoms with E-state index in [1.807, 2.05) is 17.5 Å². The van der Waals surface area contributed by atoms with Gasteiger partial charge in [-0.05, 0) is 25.8 Å². The number of rotatable bonds is 7. The largest absolute Gasteiger partial charge is 0.385 e. The predicted molar refractivity (Wildman–Crippen MR) is 62.3 cm³/mol. The van der Waals surface area contributed by atoms with E-state index < -0.39 is 0 Å². The lowest BCUT2D eigenvalue weighted by Crippen LogP contribution is -2.15. The maximum atomic E-state index is 4.99. The zero-order valence-corrected chi connectivity index (χ0v) is 9.98. The van der Waals surface area contributed by atoms with Gasteiger partial charge in [0.25, 0.3) is 0 Å². The fourth-order valence-electron chi connectivity index (χ4n) is 1.48. The van der Waals surface area contributed by atoms with Crippen molar-refractivity contribution in [3.05, 3.63) is 16.1 Å². The van der Waals surface area contributed by atoms with Crippen molar-refractivity contribution in [2.45, 2.75) is 31.7 Å². The van der Waals surface area contributed by atoms with E-state index in [2.05, 4.69) is 10.3 Å². The Morgan fingerprint density at radius 2 is 2.47 bits per heavy atom. The molecule has 2 rings (SSSR count). The van der Waals surface area contributed by atoms with Crippen molar-refractivity contribution in [2.24, 2.45) is 0 Å². The normalized spacial score (nSPS) is 15.8. The third kappa shape index (κ3) is 3.55. The van der Waals surface area contributed by atoms with Crippen molar-refractivity contribution >= 4 is 11.3 Å². The molecule has 0 unspecified atom stereocenters. The molecule has 0 bridgehead atoms. The van der Waals surface area contributed by atoms with Crippen LogP contribution in [0, 0.1) is 0 Å². The van der Waals surface area contributed by atoms with Crippen LogP contribution in [0.25, 0.3) is 0 Å². The van der Waals surface area contributed by atoms with E-state index in [1.54, 1.807) is 7.11 Å². The second-order valence-electron chi connectivity index (χ2n) is 3.96. The zero-order chi connectivity index (χ0) is 10.5. The minimum Gasteiger partial charge on any atom is -0.385 e. The molecule has 0 radical (unpaired) electrons. The van der Waals surface area contributed by atoms with Gasteiger partial charge in [-0.25, -0.2) is 4.98 Å². The van der Waals surface area contributed by atoms with E-state index in [4.69, 9.17) is 4.74 Å². The maximum Gasteiger partial charge on any atom is 0.0959 e.